The van der Waals surface area contributed by atoms with Crippen LogP contribution in [0.15, 0.2) is 24.3 Å². The third-order valence-electron chi connectivity index (χ3n) is 2.03. The van der Waals surface area contributed by atoms with E-state index in [0.29, 0.717) is 13.2 Å². The summed E-state index contributed by atoms with van der Waals surface area (Å²) in [5, 5.41) is 0. The topological polar surface area (TPSA) is 44.5 Å². The summed E-state index contributed by atoms with van der Waals surface area (Å²) in [4.78, 5) is 0. The fraction of sp³-hybridized carbons (Fsp3) is 0.455. The van der Waals surface area contributed by atoms with E-state index in [0.717, 1.165) is 11.3 Å². The van der Waals surface area contributed by atoms with Crippen LogP contribution in [0.3, 0.4) is 0 Å². The van der Waals surface area contributed by atoms with Gasteiger partial charge in [0.25, 0.3) is 0 Å². The summed E-state index contributed by atoms with van der Waals surface area (Å²) >= 11 is 0. The van der Waals surface area contributed by atoms with Gasteiger partial charge < -0.3 is 15.2 Å². The van der Waals surface area contributed by atoms with Crippen LogP contribution in [0, 0.1) is 0 Å². The predicted octanol–water partition coefficient (Wildman–Crippen LogP) is 1.56. The van der Waals surface area contributed by atoms with E-state index >= 15 is 0 Å². The maximum absolute atomic E-state index is 5.48. The molecule has 0 aliphatic rings. The Bertz CT molecular complexity index is 258. The molecule has 0 saturated carbocycles. The molecule has 3 heteroatoms. The lowest BCUT2D eigenvalue weighted by atomic mass is 10.2. The molecule has 0 aliphatic carbocycles. The van der Waals surface area contributed by atoms with Crippen molar-refractivity contribution in [2.24, 2.45) is 5.73 Å². The Morgan fingerprint density at radius 2 is 1.93 bits per heavy atom. The second-order valence-electron chi connectivity index (χ2n) is 3.21. The van der Waals surface area contributed by atoms with Gasteiger partial charge in [-0.2, -0.15) is 0 Å². The van der Waals surface area contributed by atoms with Crippen LogP contribution in [0.4, 0.5) is 0 Å². The standard InChI is InChI=1S/C11H17NO2/c1-9(7-12)14-8-10-3-5-11(13-2)6-4-10/h3-6,9H,7-8,12H2,1-2H3. The minimum Gasteiger partial charge on any atom is -0.497 e. The molecule has 0 fully saturated rings. The molecule has 0 amide bonds. The van der Waals surface area contributed by atoms with Crippen molar-refractivity contribution in [2.75, 3.05) is 13.7 Å². The summed E-state index contributed by atoms with van der Waals surface area (Å²) in [7, 11) is 1.65. The molecule has 0 bridgehead atoms. The minimum atomic E-state index is 0.108. The van der Waals surface area contributed by atoms with Gasteiger partial charge in [0.2, 0.25) is 0 Å². The SMILES string of the molecule is COc1ccc(COC(C)CN)cc1. The van der Waals surface area contributed by atoms with Gasteiger partial charge in [0, 0.05) is 6.54 Å². The molecule has 1 aromatic carbocycles. The van der Waals surface area contributed by atoms with Crippen molar-refractivity contribution in [3.63, 3.8) is 0 Å². The van der Waals surface area contributed by atoms with E-state index in [4.69, 9.17) is 15.2 Å². The summed E-state index contributed by atoms with van der Waals surface area (Å²) in [5.74, 6) is 0.862. The van der Waals surface area contributed by atoms with Crippen LogP contribution in [0.25, 0.3) is 0 Å². The van der Waals surface area contributed by atoms with Crippen molar-refractivity contribution in [3.05, 3.63) is 29.8 Å². The van der Waals surface area contributed by atoms with Gasteiger partial charge in [0.05, 0.1) is 19.8 Å². The average molecular weight is 195 g/mol. The van der Waals surface area contributed by atoms with Crippen LogP contribution in [0.1, 0.15) is 12.5 Å². The van der Waals surface area contributed by atoms with Crippen molar-refractivity contribution >= 4 is 0 Å². The number of benzene rings is 1. The molecule has 14 heavy (non-hydrogen) atoms. The lowest BCUT2D eigenvalue weighted by Gasteiger charge is -2.10. The van der Waals surface area contributed by atoms with Crippen LogP contribution < -0.4 is 10.5 Å². The summed E-state index contributed by atoms with van der Waals surface area (Å²) < 4.78 is 10.5. The second-order valence-corrected chi connectivity index (χ2v) is 3.21. The van der Waals surface area contributed by atoms with E-state index in [1.165, 1.54) is 0 Å². The average Bonchev–Trinajstić information content (AvgIpc) is 2.26. The first-order valence-corrected chi connectivity index (χ1v) is 4.71. The Kier molecular flexibility index (Phi) is 4.43. The van der Waals surface area contributed by atoms with Crippen molar-refractivity contribution in [3.8, 4) is 5.75 Å². The molecule has 0 saturated heterocycles. The summed E-state index contributed by atoms with van der Waals surface area (Å²) in [6, 6.07) is 7.82. The van der Waals surface area contributed by atoms with Crippen LogP contribution in [0.2, 0.25) is 0 Å². The lowest BCUT2D eigenvalue weighted by molar-refractivity contribution is 0.0590. The molecule has 0 aliphatic heterocycles. The summed E-state index contributed by atoms with van der Waals surface area (Å²) in [6.45, 7) is 3.11. The number of hydrogen-bond acceptors (Lipinski definition) is 3. The largest absolute Gasteiger partial charge is 0.497 e. The Labute approximate surface area is 84.8 Å². The highest BCUT2D eigenvalue weighted by Crippen LogP contribution is 2.12. The molecule has 1 unspecified atom stereocenters. The molecule has 2 N–H and O–H groups in total. The molecular weight excluding hydrogens is 178 g/mol. The highest BCUT2D eigenvalue weighted by atomic mass is 16.5. The van der Waals surface area contributed by atoms with Crippen LogP contribution in [-0.4, -0.2) is 19.8 Å². The maximum Gasteiger partial charge on any atom is 0.118 e. The van der Waals surface area contributed by atoms with E-state index in [1.807, 2.05) is 31.2 Å². The summed E-state index contributed by atoms with van der Waals surface area (Å²) in [6.07, 6.45) is 0.108. The van der Waals surface area contributed by atoms with Crippen LogP contribution in [0.5, 0.6) is 5.75 Å². The first-order chi connectivity index (χ1) is 6.76. The zero-order valence-corrected chi connectivity index (χ0v) is 8.69. The Morgan fingerprint density at radius 3 is 2.43 bits per heavy atom. The van der Waals surface area contributed by atoms with E-state index in [-0.39, 0.29) is 6.10 Å². The molecule has 1 rings (SSSR count). The smallest absolute Gasteiger partial charge is 0.118 e. The van der Waals surface area contributed by atoms with Gasteiger partial charge in [-0.1, -0.05) is 12.1 Å². The highest BCUT2D eigenvalue weighted by Gasteiger charge is 1.99. The number of nitrogens with two attached hydrogens (primary N) is 1. The zero-order valence-electron chi connectivity index (χ0n) is 8.69. The van der Waals surface area contributed by atoms with E-state index in [1.54, 1.807) is 7.11 Å². The van der Waals surface area contributed by atoms with Gasteiger partial charge >= 0.3 is 0 Å². The molecule has 0 heterocycles. The number of ether oxygens (including phenoxy) is 2. The fourth-order valence-corrected chi connectivity index (χ4v) is 1.03. The Hall–Kier alpha value is -1.06. The Morgan fingerprint density at radius 1 is 1.29 bits per heavy atom. The third kappa shape index (κ3) is 3.36. The highest BCUT2D eigenvalue weighted by molar-refractivity contribution is 5.26. The zero-order chi connectivity index (χ0) is 10.4. The fourth-order valence-electron chi connectivity index (χ4n) is 1.03. The van der Waals surface area contributed by atoms with E-state index in [9.17, 15) is 0 Å². The van der Waals surface area contributed by atoms with Crippen molar-refractivity contribution in [1.29, 1.82) is 0 Å². The molecule has 3 nitrogen and oxygen atoms in total. The number of hydrogen-bond donors (Lipinski definition) is 1. The van der Waals surface area contributed by atoms with E-state index < -0.39 is 0 Å². The van der Waals surface area contributed by atoms with Crippen LogP contribution in [-0.2, 0) is 11.3 Å². The van der Waals surface area contributed by atoms with E-state index in [2.05, 4.69) is 0 Å². The third-order valence-corrected chi connectivity index (χ3v) is 2.03. The quantitative estimate of drug-likeness (QED) is 0.775. The Balaban J connectivity index is 2.43. The van der Waals surface area contributed by atoms with Crippen LogP contribution >= 0.6 is 0 Å². The van der Waals surface area contributed by atoms with Gasteiger partial charge in [-0.3, -0.25) is 0 Å². The molecule has 0 aromatic heterocycles. The number of methoxy groups -OCH3 is 1. The van der Waals surface area contributed by atoms with Gasteiger partial charge in [0.1, 0.15) is 5.75 Å². The lowest BCUT2D eigenvalue weighted by Crippen LogP contribution is -2.19. The molecule has 1 atom stereocenters. The van der Waals surface area contributed by atoms with Gasteiger partial charge in [0.15, 0.2) is 0 Å². The van der Waals surface area contributed by atoms with Gasteiger partial charge in [-0.05, 0) is 24.6 Å². The van der Waals surface area contributed by atoms with Crippen molar-refractivity contribution in [1.82, 2.24) is 0 Å². The second kappa shape index (κ2) is 5.62. The number of rotatable bonds is 5. The van der Waals surface area contributed by atoms with Gasteiger partial charge in [-0.25, -0.2) is 0 Å². The molecular formula is C11H17NO2. The molecule has 0 radical (unpaired) electrons. The first kappa shape index (κ1) is 11.0. The molecule has 78 valence electrons. The normalized spacial score (nSPS) is 12.5. The molecule has 1 aromatic rings. The first-order valence-electron chi connectivity index (χ1n) is 4.71. The predicted molar refractivity (Wildman–Crippen MR) is 56.3 cm³/mol. The van der Waals surface area contributed by atoms with Crippen molar-refractivity contribution < 1.29 is 9.47 Å². The maximum atomic E-state index is 5.48. The summed E-state index contributed by atoms with van der Waals surface area (Å²) in [5.41, 5.74) is 6.57. The van der Waals surface area contributed by atoms with Crippen molar-refractivity contribution in [2.45, 2.75) is 19.6 Å². The monoisotopic (exact) mass is 195 g/mol. The minimum absolute atomic E-state index is 0.108. The van der Waals surface area contributed by atoms with Gasteiger partial charge in [-0.15, -0.1) is 0 Å². The molecule has 0 spiro atoms.